The molecule has 1 saturated heterocycles. The third-order valence-electron chi connectivity index (χ3n) is 5.15. The topological polar surface area (TPSA) is 99.2 Å². The Bertz CT molecular complexity index is 1070. The SMILES string of the molecule is CCc1noc(-c2cccnc2N2CCCN(C(=O)c3ccc(C#N)cc3)CC2)n1. The summed E-state index contributed by atoms with van der Waals surface area (Å²) in [6.45, 7) is 4.65. The molecule has 0 aliphatic carbocycles. The predicted molar refractivity (Wildman–Crippen MR) is 111 cm³/mol. The van der Waals surface area contributed by atoms with Crippen molar-refractivity contribution in [2.45, 2.75) is 19.8 Å². The van der Waals surface area contributed by atoms with Crippen LogP contribution in [0.1, 0.15) is 35.1 Å². The number of benzene rings is 1. The number of rotatable bonds is 4. The number of carbonyl (C=O) groups excluding carboxylic acids is 1. The molecule has 1 aliphatic heterocycles. The molecule has 8 nitrogen and oxygen atoms in total. The van der Waals surface area contributed by atoms with Crippen molar-refractivity contribution in [3.8, 4) is 17.5 Å². The van der Waals surface area contributed by atoms with E-state index in [1.54, 1.807) is 30.5 Å². The molecule has 0 atom stereocenters. The number of aromatic nitrogens is 3. The van der Waals surface area contributed by atoms with E-state index in [1.165, 1.54) is 0 Å². The maximum Gasteiger partial charge on any atom is 0.261 e. The molecule has 3 aromatic rings. The molecule has 0 spiro atoms. The van der Waals surface area contributed by atoms with Gasteiger partial charge in [-0.1, -0.05) is 12.1 Å². The predicted octanol–water partition coefficient (Wildman–Crippen LogP) is 2.92. The van der Waals surface area contributed by atoms with Gasteiger partial charge >= 0.3 is 0 Å². The minimum atomic E-state index is -0.0212. The molecule has 1 amide bonds. The van der Waals surface area contributed by atoms with Crippen LogP contribution >= 0.6 is 0 Å². The van der Waals surface area contributed by atoms with E-state index < -0.39 is 0 Å². The Kier molecular flexibility index (Phi) is 5.70. The van der Waals surface area contributed by atoms with Crippen LogP contribution < -0.4 is 4.90 Å². The lowest BCUT2D eigenvalue weighted by molar-refractivity contribution is 0.0767. The van der Waals surface area contributed by atoms with Crippen molar-refractivity contribution < 1.29 is 9.32 Å². The third kappa shape index (κ3) is 4.01. The van der Waals surface area contributed by atoms with Crippen molar-refractivity contribution in [3.05, 3.63) is 59.5 Å². The Labute approximate surface area is 174 Å². The van der Waals surface area contributed by atoms with Gasteiger partial charge in [-0.3, -0.25) is 4.79 Å². The molecule has 1 aliphatic rings. The summed E-state index contributed by atoms with van der Waals surface area (Å²) in [4.78, 5) is 25.9. The number of hydrogen-bond acceptors (Lipinski definition) is 7. The standard InChI is InChI=1S/C22H22N6O2/c1-2-19-25-21(30-26-19)18-5-3-10-24-20(18)27-11-4-12-28(14-13-27)22(29)17-8-6-16(15-23)7-9-17/h3,5-10H,2,4,11-14H2,1H3. The average Bonchev–Trinajstić information content (AvgIpc) is 3.15. The maximum absolute atomic E-state index is 12.9. The van der Waals surface area contributed by atoms with E-state index in [9.17, 15) is 4.79 Å². The molecule has 0 unspecified atom stereocenters. The lowest BCUT2D eigenvalue weighted by Gasteiger charge is -2.24. The summed E-state index contributed by atoms with van der Waals surface area (Å²) in [5.41, 5.74) is 1.94. The van der Waals surface area contributed by atoms with Gasteiger partial charge in [-0.05, 0) is 42.8 Å². The van der Waals surface area contributed by atoms with Crippen molar-refractivity contribution in [1.82, 2.24) is 20.0 Å². The molecule has 3 heterocycles. The van der Waals surface area contributed by atoms with Crippen LogP contribution in [0.3, 0.4) is 0 Å². The molecular formula is C22H22N6O2. The van der Waals surface area contributed by atoms with Gasteiger partial charge in [0.25, 0.3) is 11.8 Å². The Morgan fingerprint density at radius 2 is 2.00 bits per heavy atom. The summed E-state index contributed by atoms with van der Waals surface area (Å²) in [5, 5.41) is 12.9. The van der Waals surface area contributed by atoms with E-state index in [0.29, 0.717) is 48.9 Å². The number of pyridine rings is 1. The molecule has 152 valence electrons. The third-order valence-corrected chi connectivity index (χ3v) is 5.15. The van der Waals surface area contributed by atoms with Gasteiger partial charge in [0.15, 0.2) is 5.82 Å². The van der Waals surface area contributed by atoms with Gasteiger partial charge in [0.1, 0.15) is 5.82 Å². The van der Waals surface area contributed by atoms with Gasteiger partial charge in [-0.2, -0.15) is 10.2 Å². The minimum absolute atomic E-state index is 0.0212. The summed E-state index contributed by atoms with van der Waals surface area (Å²) in [6.07, 6.45) is 3.28. The van der Waals surface area contributed by atoms with Crippen molar-refractivity contribution in [2.75, 3.05) is 31.1 Å². The molecule has 4 rings (SSSR count). The van der Waals surface area contributed by atoms with Crippen LogP contribution in [0.5, 0.6) is 0 Å². The highest BCUT2D eigenvalue weighted by Crippen LogP contribution is 2.28. The van der Waals surface area contributed by atoms with Crippen LogP contribution in [0.2, 0.25) is 0 Å². The molecule has 0 bridgehead atoms. The molecule has 1 aromatic carbocycles. The van der Waals surface area contributed by atoms with Crippen LogP contribution in [-0.2, 0) is 6.42 Å². The van der Waals surface area contributed by atoms with Crippen molar-refractivity contribution in [2.24, 2.45) is 0 Å². The van der Waals surface area contributed by atoms with Crippen LogP contribution in [0.15, 0.2) is 47.1 Å². The van der Waals surface area contributed by atoms with Crippen molar-refractivity contribution in [3.63, 3.8) is 0 Å². The highest BCUT2D eigenvalue weighted by atomic mass is 16.5. The fourth-order valence-electron chi connectivity index (χ4n) is 3.53. The number of hydrogen-bond donors (Lipinski definition) is 0. The molecular weight excluding hydrogens is 380 g/mol. The second-order valence-corrected chi connectivity index (χ2v) is 7.07. The Hall–Kier alpha value is -3.73. The number of carbonyl (C=O) groups is 1. The first-order valence-corrected chi connectivity index (χ1v) is 10.0. The summed E-state index contributed by atoms with van der Waals surface area (Å²) >= 11 is 0. The number of anilines is 1. The summed E-state index contributed by atoms with van der Waals surface area (Å²) in [5.74, 6) is 1.89. The molecule has 1 fully saturated rings. The van der Waals surface area contributed by atoms with Crippen molar-refractivity contribution in [1.29, 1.82) is 5.26 Å². The van der Waals surface area contributed by atoms with Crippen molar-refractivity contribution >= 4 is 11.7 Å². The quantitative estimate of drug-likeness (QED) is 0.661. The van der Waals surface area contributed by atoms with Gasteiger partial charge in [-0.25, -0.2) is 4.98 Å². The second-order valence-electron chi connectivity index (χ2n) is 7.07. The molecule has 30 heavy (non-hydrogen) atoms. The van der Waals surface area contributed by atoms with Crippen LogP contribution in [0.25, 0.3) is 11.5 Å². The maximum atomic E-state index is 12.9. The number of nitrogens with zero attached hydrogens (tertiary/aromatic N) is 6. The van der Waals surface area contributed by atoms with E-state index >= 15 is 0 Å². The second kappa shape index (κ2) is 8.74. The Morgan fingerprint density at radius 3 is 2.73 bits per heavy atom. The number of nitriles is 1. The highest BCUT2D eigenvalue weighted by molar-refractivity contribution is 5.94. The summed E-state index contributed by atoms with van der Waals surface area (Å²) < 4.78 is 5.43. The largest absolute Gasteiger partial charge is 0.354 e. The fourth-order valence-corrected chi connectivity index (χ4v) is 3.53. The zero-order chi connectivity index (χ0) is 20.9. The first-order valence-electron chi connectivity index (χ1n) is 10.0. The number of aryl methyl sites for hydroxylation is 1. The molecule has 8 heteroatoms. The zero-order valence-electron chi connectivity index (χ0n) is 16.8. The number of amides is 1. The van der Waals surface area contributed by atoms with Crippen LogP contribution in [0.4, 0.5) is 5.82 Å². The lowest BCUT2D eigenvalue weighted by Crippen LogP contribution is -2.35. The summed E-state index contributed by atoms with van der Waals surface area (Å²) in [7, 11) is 0. The van der Waals surface area contributed by atoms with Gasteiger partial charge in [0, 0.05) is 44.4 Å². The molecule has 0 radical (unpaired) electrons. The minimum Gasteiger partial charge on any atom is -0.354 e. The first kappa shape index (κ1) is 19.6. The first-order chi connectivity index (χ1) is 14.7. The molecule has 2 aromatic heterocycles. The van der Waals surface area contributed by atoms with Gasteiger partial charge in [0.05, 0.1) is 17.2 Å². The van der Waals surface area contributed by atoms with E-state index in [-0.39, 0.29) is 5.91 Å². The normalized spacial score (nSPS) is 14.3. The molecule has 0 saturated carbocycles. The monoisotopic (exact) mass is 402 g/mol. The smallest absolute Gasteiger partial charge is 0.261 e. The average molecular weight is 402 g/mol. The summed E-state index contributed by atoms with van der Waals surface area (Å²) in [6, 6.07) is 12.6. The van der Waals surface area contributed by atoms with E-state index in [1.807, 2.05) is 24.0 Å². The van der Waals surface area contributed by atoms with Crippen LogP contribution in [-0.4, -0.2) is 52.1 Å². The zero-order valence-corrected chi connectivity index (χ0v) is 16.8. The van der Waals surface area contributed by atoms with Gasteiger partial charge in [0.2, 0.25) is 0 Å². The van der Waals surface area contributed by atoms with E-state index in [0.717, 1.165) is 24.3 Å². The molecule has 0 N–H and O–H groups in total. The van der Waals surface area contributed by atoms with Gasteiger partial charge in [-0.15, -0.1) is 0 Å². The fraction of sp³-hybridized carbons (Fsp3) is 0.318. The van der Waals surface area contributed by atoms with E-state index in [4.69, 9.17) is 9.78 Å². The Morgan fingerprint density at radius 1 is 1.17 bits per heavy atom. The highest BCUT2D eigenvalue weighted by Gasteiger charge is 2.24. The van der Waals surface area contributed by atoms with Gasteiger partial charge < -0.3 is 14.3 Å². The lowest BCUT2D eigenvalue weighted by atomic mass is 10.1. The van der Waals surface area contributed by atoms with E-state index in [2.05, 4.69) is 26.1 Å². The Balaban J connectivity index is 1.51. The van der Waals surface area contributed by atoms with Crippen LogP contribution in [0, 0.1) is 11.3 Å².